The van der Waals surface area contributed by atoms with Gasteiger partial charge in [0.15, 0.2) is 5.75 Å². The molecule has 0 aliphatic carbocycles. The van der Waals surface area contributed by atoms with Crippen LogP contribution in [0.1, 0.15) is 22.3 Å². The molecule has 0 bridgehead atoms. The Morgan fingerprint density at radius 3 is 1.82 bits per heavy atom. The molecule has 0 aromatic heterocycles. The van der Waals surface area contributed by atoms with Crippen molar-refractivity contribution in [3.8, 4) is 23.0 Å². The van der Waals surface area contributed by atoms with Crippen molar-refractivity contribution in [3.63, 3.8) is 0 Å². The van der Waals surface area contributed by atoms with Gasteiger partial charge in [-0.1, -0.05) is 42.5 Å². The third-order valence-corrected chi connectivity index (χ3v) is 8.62. The molecule has 0 spiro atoms. The summed E-state index contributed by atoms with van der Waals surface area (Å²) in [6.07, 6.45) is 1.69. The van der Waals surface area contributed by atoms with Crippen molar-refractivity contribution in [2.75, 3.05) is 20.0 Å². The number of aromatic hydroxyl groups is 1. The van der Waals surface area contributed by atoms with Crippen molar-refractivity contribution in [2.45, 2.75) is 26.1 Å². The maximum absolute atomic E-state index is 11.1. The number of carbonyl (C=O) groups is 1. The van der Waals surface area contributed by atoms with Gasteiger partial charge in [0.1, 0.15) is 34.3 Å². The molecule has 6 aromatic rings. The van der Waals surface area contributed by atoms with Crippen LogP contribution in [0.2, 0.25) is 0 Å². The number of ether oxygens (including phenoxy) is 3. The summed E-state index contributed by atoms with van der Waals surface area (Å²) in [5.41, 5.74) is 11.5. The highest BCUT2D eigenvalue weighted by molar-refractivity contribution is 5.92. The van der Waals surface area contributed by atoms with Gasteiger partial charge in [-0.2, -0.15) is 10.2 Å². The number of methoxy groups -OCH3 is 2. The minimum absolute atomic E-state index is 0.0137. The molecule has 0 radical (unpaired) electrons. The second kappa shape index (κ2) is 17.7. The molecule has 0 saturated heterocycles. The number of aliphatic hydroxyl groups excluding tert-OH is 2. The van der Waals surface area contributed by atoms with Crippen molar-refractivity contribution in [1.29, 1.82) is 0 Å². The number of azo groups is 3. The Kier molecular flexibility index (Phi) is 12.1. The van der Waals surface area contributed by atoms with Crippen LogP contribution in [0, 0.1) is 0 Å². The monoisotopic (exact) mass is 739 g/mol. The summed E-state index contributed by atoms with van der Waals surface area (Å²) in [4.78, 5) is 10.7. The first-order valence-corrected chi connectivity index (χ1v) is 17.0. The van der Waals surface area contributed by atoms with Crippen LogP contribution in [-0.4, -0.2) is 36.0 Å². The van der Waals surface area contributed by atoms with Crippen molar-refractivity contribution in [2.24, 2.45) is 30.7 Å². The Balaban J connectivity index is 1.21. The summed E-state index contributed by atoms with van der Waals surface area (Å²) in [5, 5.41) is 58.7. The number of fused-ring (bicyclic) bond motifs is 1. The number of phenolic OH excluding ortho intramolecular Hbond substituents is 1. The van der Waals surface area contributed by atoms with Gasteiger partial charge in [-0.15, -0.1) is 20.5 Å². The molecule has 0 aliphatic rings. The van der Waals surface area contributed by atoms with Crippen LogP contribution >= 0.6 is 0 Å². The zero-order valence-corrected chi connectivity index (χ0v) is 30.0. The molecule has 278 valence electrons. The molecule has 14 nitrogen and oxygen atoms in total. The predicted octanol–water partition coefficient (Wildman–Crippen LogP) is 9.70. The standard InChI is InChI=1S/C41H37N7O7/c1-53-39-20-35(45-43-31-4-3-5-32(19-31)55-24-51)28(22-49)17-38(39)48-46-36-21-40(54-2)37(18-29(36)23-50)47-44-34-15-11-27-16-26(10-14-33(27)41(34)52)7-6-25-8-12-30(42)13-9-25/h3-5,8-21,24,49-50,52H,6-7,22-23,42H2,1-2H3. The summed E-state index contributed by atoms with van der Waals surface area (Å²) < 4.78 is 15.9. The van der Waals surface area contributed by atoms with E-state index >= 15 is 0 Å². The minimum atomic E-state index is -0.403. The lowest BCUT2D eigenvalue weighted by atomic mass is 10.0. The largest absolute Gasteiger partial charge is 0.505 e. The fraction of sp³-hybridized carbons (Fsp3) is 0.146. The topological polar surface area (TPSA) is 206 Å². The molecular weight excluding hydrogens is 702 g/mol. The van der Waals surface area contributed by atoms with Gasteiger partial charge in [0, 0.05) is 40.4 Å². The SMILES string of the molecule is COc1cc(N=Nc2cccc(OC=O)c2)c(CO)cc1N=Nc1cc(OC)c(N=Nc2ccc3cc(CCc4ccc(N)cc4)ccc3c2O)cc1CO. The molecule has 5 N–H and O–H groups in total. The first-order valence-electron chi connectivity index (χ1n) is 17.0. The van der Waals surface area contributed by atoms with Crippen LogP contribution in [0.15, 0.2) is 134 Å². The van der Waals surface area contributed by atoms with Crippen LogP contribution < -0.4 is 19.9 Å². The highest BCUT2D eigenvalue weighted by Crippen LogP contribution is 2.41. The number of nitrogen functional groups attached to an aromatic ring is 1. The van der Waals surface area contributed by atoms with Crippen LogP contribution in [0.3, 0.4) is 0 Å². The average molecular weight is 740 g/mol. The lowest BCUT2D eigenvalue weighted by Crippen LogP contribution is -1.92. The molecule has 6 aromatic carbocycles. The number of aliphatic hydroxyl groups is 2. The Labute approximate surface area is 315 Å². The fourth-order valence-electron chi connectivity index (χ4n) is 5.69. The fourth-order valence-corrected chi connectivity index (χ4v) is 5.69. The van der Waals surface area contributed by atoms with Crippen LogP contribution in [0.5, 0.6) is 23.0 Å². The van der Waals surface area contributed by atoms with E-state index in [0.717, 1.165) is 29.5 Å². The molecule has 0 heterocycles. The second-order valence-corrected chi connectivity index (χ2v) is 12.2. The number of nitrogens with zero attached hydrogens (tertiary/aromatic N) is 6. The van der Waals surface area contributed by atoms with Crippen molar-refractivity contribution in [3.05, 3.63) is 125 Å². The minimum Gasteiger partial charge on any atom is -0.505 e. The Bertz CT molecular complexity index is 2410. The molecular formula is C41H37N7O7. The Morgan fingerprint density at radius 2 is 1.20 bits per heavy atom. The van der Waals surface area contributed by atoms with E-state index in [1.54, 1.807) is 48.5 Å². The van der Waals surface area contributed by atoms with Crippen molar-refractivity contribution < 1.29 is 34.3 Å². The van der Waals surface area contributed by atoms with Gasteiger partial charge in [-0.3, -0.25) is 4.79 Å². The van der Waals surface area contributed by atoms with E-state index in [9.17, 15) is 20.1 Å². The maximum atomic E-state index is 11.1. The number of aryl methyl sites for hydroxylation is 2. The number of rotatable bonds is 15. The Hall–Kier alpha value is -7.03. The quantitative estimate of drug-likeness (QED) is 0.0452. The molecule has 55 heavy (non-hydrogen) atoms. The molecule has 0 aliphatic heterocycles. The zero-order chi connectivity index (χ0) is 38.7. The molecule has 0 amide bonds. The van der Waals surface area contributed by atoms with Gasteiger partial charge >= 0.3 is 0 Å². The average Bonchev–Trinajstić information content (AvgIpc) is 3.21. The molecule has 6 rings (SSSR count). The molecule has 14 heteroatoms. The summed E-state index contributed by atoms with van der Waals surface area (Å²) >= 11 is 0. The van der Waals surface area contributed by atoms with E-state index < -0.39 is 6.61 Å². The van der Waals surface area contributed by atoms with Crippen LogP contribution in [0.25, 0.3) is 10.8 Å². The molecule has 0 unspecified atom stereocenters. The maximum Gasteiger partial charge on any atom is 0.298 e. The van der Waals surface area contributed by atoms with E-state index in [4.69, 9.17) is 19.9 Å². The van der Waals surface area contributed by atoms with Gasteiger partial charge < -0.3 is 35.3 Å². The second-order valence-electron chi connectivity index (χ2n) is 12.2. The molecule has 0 fully saturated rings. The number of hydrogen-bond donors (Lipinski definition) is 4. The van der Waals surface area contributed by atoms with E-state index in [-0.39, 0.29) is 29.4 Å². The lowest BCUT2D eigenvalue weighted by Gasteiger charge is -2.10. The van der Waals surface area contributed by atoms with E-state index in [1.807, 2.05) is 48.5 Å². The number of nitrogens with two attached hydrogens (primary N) is 1. The van der Waals surface area contributed by atoms with Crippen molar-refractivity contribution >= 4 is 57.1 Å². The van der Waals surface area contributed by atoms with E-state index in [1.165, 1.54) is 25.8 Å². The predicted molar refractivity (Wildman–Crippen MR) is 207 cm³/mol. The highest BCUT2D eigenvalue weighted by atomic mass is 16.5. The summed E-state index contributed by atoms with van der Waals surface area (Å²) in [6, 6.07) is 30.0. The number of phenols is 1. The summed E-state index contributed by atoms with van der Waals surface area (Å²) in [6.45, 7) is -0.470. The first kappa shape index (κ1) is 37.7. The van der Waals surface area contributed by atoms with Crippen molar-refractivity contribution in [1.82, 2.24) is 0 Å². The normalized spacial score (nSPS) is 11.6. The third kappa shape index (κ3) is 9.14. The smallest absolute Gasteiger partial charge is 0.298 e. The first-order chi connectivity index (χ1) is 26.8. The summed E-state index contributed by atoms with van der Waals surface area (Å²) in [7, 11) is 2.91. The number of benzene rings is 6. The van der Waals surface area contributed by atoms with Crippen LogP contribution in [-0.2, 0) is 30.8 Å². The molecule has 0 atom stereocenters. The lowest BCUT2D eigenvalue weighted by molar-refractivity contribution is -0.120. The number of hydrogen-bond acceptors (Lipinski definition) is 14. The number of carbonyl (C=O) groups excluding carboxylic acids is 1. The number of anilines is 1. The highest BCUT2D eigenvalue weighted by Gasteiger charge is 2.14. The third-order valence-electron chi connectivity index (χ3n) is 8.62. The Morgan fingerprint density at radius 1 is 0.618 bits per heavy atom. The van der Waals surface area contributed by atoms with Gasteiger partial charge in [0.2, 0.25) is 0 Å². The van der Waals surface area contributed by atoms with Crippen LogP contribution in [0.4, 0.5) is 39.8 Å². The van der Waals surface area contributed by atoms with E-state index in [0.29, 0.717) is 57.3 Å². The zero-order valence-electron chi connectivity index (χ0n) is 30.0. The summed E-state index contributed by atoms with van der Waals surface area (Å²) in [5.74, 6) is 0.876. The van der Waals surface area contributed by atoms with Gasteiger partial charge in [-0.05, 0) is 71.8 Å². The van der Waals surface area contributed by atoms with E-state index in [2.05, 4.69) is 30.7 Å². The molecule has 0 saturated carbocycles. The van der Waals surface area contributed by atoms with Gasteiger partial charge in [-0.25, -0.2) is 0 Å². The van der Waals surface area contributed by atoms with Gasteiger partial charge in [0.05, 0.1) is 44.5 Å². The van der Waals surface area contributed by atoms with Gasteiger partial charge in [0.25, 0.3) is 6.47 Å².